The standard InChI is InChI=1S/C39H41B2N3O4/c1-36(2)37(3,4)46-40(45-36)31-23-30(24-32(25-31)41-47-38(5,6)39(7,8)48-41)35-43-33(28-17-13-10-14-18-28)42-34(44-35)29-21-19-27(20-22-29)26-15-11-9-12-16-26/h9-25H,1-8H3. The molecule has 0 atom stereocenters. The molecule has 0 bridgehead atoms. The summed E-state index contributed by atoms with van der Waals surface area (Å²) in [4.78, 5) is 15.1. The largest absolute Gasteiger partial charge is 0.494 e. The van der Waals surface area contributed by atoms with Gasteiger partial charge in [0.15, 0.2) is 17.5 Å². The number of hydrogen-bond donors (Lipinski definition) is 0. The molecule has 2 saturated heterocycles. The van der Waals surface area contributed by atoms with Crippen molar-refractivity contribution in [2.24, 2.45) is 0 Å². The highest BCUT2D eigenvalue weighted by atomic mass is 16.7. The lowest BCUT2D eigenvalue weighted by molar-refractivity contribution is 0.00578. The summed E-state index contributed by atoms with van der Waals surface area (Å²) in [5, 5.41) is 0. The molecule has 7 rings (SSSR count). The van der Waals surface area contributed by atoms with Gasteiger partial charge >= 0.3 is 14.2 Å². The molecule has 1 aromatic heterocycles. The fourth-order valence-corrected chi connectivity index (χ4v) is 5.83. The predicted molar refractivity (Wildman–Crippen MR) is 193 cm³/mol. The number of aromatic nitrogens is 3. The second-order valence-electron chi connectivity index (χ2n) is 14.7. The molecule has 0 radical (unpaired) electrons. The zero-order valence-corrected chi connectivity index (χ0v) is 28.9. The van der Waals surface area contributed by atoms with Gasteiger partial charge in [0.05, 0.1) is 22.4 Å². The molecule has 7 nitrogen and oxygen atoms in total. The first-order valence-electron chi connectivity index (χ1n) is 16.6. The van der Waals surface area contributed by atoms with Crippen molar-refractivity contribution in [3.05, 3.63) is 103 Å². The van der Waals surface area contributed by atoms with Gasteiger partial charge in [0, 0.05) is 16.7 Å². The topological polar surface area (TPSA) is 75.6 Å². The molecule has 0 unspecified atom stereocenters. The van der Waals surface area contributed by atoms with E-state index in [2.05, 4.69) is 97.9 Å². The van der Waals surface area contributed by atoms with Gasteiger partial charge in [-0.2, -0.15) is 0 Å². The Morgan fingerprint density at radius 1 is 0.375 bits per heavy atom. The van der Waals surface area contributed by atoms with Gasteiger partial charge in [-0.1, -0.05) is 103 Å². The number of rotatable bonds is 6. The number of nitrogens with zero attached hydrogens (tertiary/aromatic N) is 3. The van der Waals surface area contributed by atoms with Crippen molar-refractivity contribution in [3.8, 4) is 45.3 Å². The van der Waals surface area contributed by atoms with Crippen LogP contribution < -0.4 is 10.9 Å². The molecule has 0 N–H and O–H groups in total. The van der Waals surface area contributed by atoms with E-state index in [9.17, 15) is 0 Å². The summed E-state index contributed by atoms with van der Waals surface area (Å²) >= 11 is 0. The Labute approximate surface area is 284 Å². The molecular formula is C39H41B2N3O4. The van der Waals surface area contributed by atoms with Crippen LogP contribution >= 0.6 is 0 Å². The van der Waals surface area contributed by atoms with Crippen LogP contribution in [0.3, 0.4) is 0 Å². The molecular weight excluding hydrogens is 596 g/mol. The van der Waals surface area contributed by atoms with Crippen molar-refractivity contribution in [1.29, 1.82) is 0 Å². The molecule has 2 aliphatic heterocycles. The molecule has 0 amide bonds. The average molecular weight is 637 g/mol. The minimum atomic E-state index is -0.600. The first-order chi connectivity index (χ1) is 22.7. The van der Waals surface area contributed by atoms with E-state index in [1.807, 2.05) is 60.7 Å². The fraction of sp³-hybridized carbons (Fsp3) is 0.308. The second-order valence-corrected chi connectivity index (χ2v) is 14.7. The third-order valence-corrected chi connectivity index (χ3v) is 10.2. The van der Waals surface area contributed by atoms with E-state index in [-0.39, 0.29) is 0 Å². The van der Waals surface area contributed by atoms with Crippen molar-refractivity contribution in [2.45, 2.75) is 77.8 Å². The Bertz CT molecular complexity index is 1860. The Hall–Kier alpha value is -4.14. The van der Waals surface area contributed by atoms with Crippen molar-refractivity contribution >= 4 is 25.2 Å². The highest BCUT2D eigenvalue weighted by Crippen LogP contribution is 2.38. The molecule has 3 heterocycles. The van der Waals surface area contributed by atoms with Crippen molar-refractivity contribution in [3.63, 3.8) is 0 Å². The third kappa shape index (κ3) is 6.01. The van der Waals surface area contributed by atoms with E-state index >= 15 is 0 Å². The lowest BCUT2D eigenvalue weighted by Crippen LogP contribution is -2.41. The highest BCUT2D eigenvalue weighted by Gasteiger charge is 2.54. The second kappa shape index (κ2) is 11.8. The molecule has 0 spiro atoms. The van der Waals surface area contributed by atoms with E-state index in [1.54, 1.807) is 0 Å². The number of benzene rings is 4. The van der Waals surface area contributed by atoms with Crippen molar-refractivity contribution in [1.82, 2.24) is 15.0 Å². The minimum Gasteiger partial charge on any atom is -0.399 e. The van der Waals surface area contributed by atoms with Gasteiger partial charge in [0.1, 0.15) is 0 Å². The van der Waals surface area contributed by atoms with E-state index < -0.39 is 36.6 Å². The van der Waals surface area contributed by atoms with Gasteiger partial charge in [-0.15, -0.1) is 0 Å². The highest BCUT2D eigenvalue weighted by molar-refractivity contribution is 6.66. The van der Waals surface area contributed by atoms with Crippen LogP contribution in [-0.2, 0) is 18.6 Å². The maximum Gasteiger partial charge on any atom is 0.494 e. The summed E-state index contributed by atoms with van der Waals surface area (Å²) in [5.41, 5.74) is 4.50. The number of hydrogen-bond acceptors (Lipinski definition) is 7. The van der Waals surface area contributed by atoms with Crippen LogP contribution in [0.5, 0.6) is 0 Å². The van der Waals surface area contributed by atoms with Crippen LogP contribution in [0.4, 0.5) is 0 Å². The minimum absolute atomic E-state index is 0.509. The fourth-order valence-electron chi connectivity index (χ4n) is 5.83. The van der Waals surface area contributed by atoms with Gasteiger partial charge in [0.2, 0.25) is 0 Å². The molecule has 2 fully saturated rings. The van der Waals surface area contributed by atoms with Crippen LogP contribution in [0.25, 0.3) is 45.3 Å². The molecule has 4 aromatic carbocycles. The molecule has 2 aliphatic rings. The lowest BCUT2D eigenvalue weighted by atomic mass is 9.71. The van der Waals surface area contributed by atoms with Crippen molar-refractivity contribution in [2.75, 3.05) is 0 Å². The Morgan fingerprint density at radius 2 is 0.688 bits per heavy atom. The van der Waals surface area contributed by atoms with Crippen LogP contribution in [0.2, 0.25) is 0 Å². The molecule has 5 aromatic rings. The molecule has 0 saturated carbocycles. The maximum atomic E-state index is 6.52. The first kappa shape index (κ1) is 32.4. The van der Waals surface area contributed by atoms with Gasteiger partial charge in [-0.05, 0) is 77.4 Å². The van der Waals surface area contributed by atoms with E-state index in [0.29, 0.717) is 17.5 Å². The summed E-state index contributed by atoms with van der Waals surface area (Å²) in [7, 11) is -1.20. The summed E-state index contributed by atoms with van der Waals surface area (Å²) in [5.74, 6) is 1.69. The summed E-state index contributed by atoms with van der Waals surface area (Å²) in [6.07, 6.45) is 0. The normalized spacial score (nSPS) is 19.1. The third-order valence-electron chi connectivity index (χ3n) is 10.2. The Balaban J connectivity index is 1.37. The van der Waals surface area contributed by atoms with Crippen LogP contribution in [0.15, 0.2) is 103 Å². The quantitative estimate of drug-likeness (QED) is 0.183. The monoisotopic (exact) mass is 637 g/mol. The van der Waals surface area contributed by atoms with Crippen molar-refractivity contribution < 1.29 is 18.6 Å². The Kier molecular flexibility index (Phi) is 7.95. The summed E-state index contributed by atoms with van der Waals surface area (Å²) in [6, 6.07) is 34.8. The zero-order valence-electron chi connectivity index (χ0n) is 28.9. The van der Waals surface area contributed by atoms with E-state index in [4.69, 9.17) is 33.6 Å². The van der Waals surface area contributed by atoms with Gasteiger partial charge in [-0.25, -0.2) is 15.0 Å². The maximum absolute atomic E-state index is 6.52. The summed E-state index contributed by atoms with van der Waals surface area (Å²) in [6.45, 7) is 16.4. The van der Waals surface area contributed by atoms with E-state index in [0.717, 1.165) is 38.7 Å². The Morgan fingerprint density at radius 3 is 1.10 bits per heavy atom. The van der Waals surface area contributed by atoms with E-state index in [1.165, 1.54) is 0 Å². The predicted octanol–water partition coefficient (Wildman–Crippen LogP) is 7.14. The molecule has 9 heteroatoms. The van der Waals surface area contributed by atoms with Gasteiger partial charge in [0.25, 0.3) is 0 Å². The zero-order chi connectivity index (χ0) is 33.9. The SMILES string of the molecule is CC1(C)OB(c2cc(B3OC(C)(C)C(C)(C)O3)cc(-c3nc(-c4ccccc4)nc(-c4ccc(-c5ccccc5)cc4)n3)c2)OC1(C)C. The van der Waals surface area contributed by atoms with Gasteiger partial charge < -0.3 is 18.6 Å². The molecule has 0 aliphatic carbocycles. The van der Waals surface area contributed by atoms with Gasteiger partial charge in [-0.3, -0.25) is 0 Å². The smallest absolute Gasteiger partial charge is 0.399 e. The van der Waals surface area contributed by atoms with Crippen LogP contribution in [0.1, 0.15) is 55.4 Å². The average Bonchev–Trinajstić information content (AvgIpc) is 3.44. The molecule has 242 valence electrons. The summed E-state index contributed by atoms with van der Waals surface area (Å²) < 4.78 is 26.1. The first-order valence-corrected chi connectivity index (χ1v) is 16.6. The molecule has 48 heavy (non-hydrogen) atoms. The van der Waals surface area contributed by atoms with Crippen LogP contribution in [0, 0.1) is 0 Å². The van der Waals surface area contributed by atoms with Crippen LogP contribution in [-0.4, -0.2) is 51.6 Å². The lowest BCUT2D eigenvalue weighted by Gasteiger charge is -2.32.